The Balaban J connectivity index is 1.76. The third-order valence-electron chi connectivity index (χ3n) is 4.80. The Bertz CT molecular complexity index is 398. The smallest absolute Gasteiger partial charge is 0.306 e. The fourth-order valence-corrected chi connectivity index (χ4v) is 3.37. The van der Waals surface area contributed by atoms with Gasteiger partial charge in [-0.1, -0.05) is 12.1 Å². The maximum absolute atomic E-state index is 10.4. The van der Waals surface area contributed by atoms with Gasteiger partial charge in [-0.2, -0.15) is 0 Å². The van der Waals surface area contributed by atoms with Gasteiger partial charge in [-0.3, -0.25) is 4.79 Å². The van der Waals surface area contributed by atoms with Gasteiger partial charge in [0.2, 0.25) is 0 Å². The van der Waals surface area contributed by atoms with Crippen LogP contribution >= 0.6 is 0 Å². The second-order valence-corrected chi connectivity index (χ2v) is 6.16. The van der Waals surface area contributed by atoms with Crippen molar-refractivity contribution in [2.75, 3.05) is 6.61 Å². The number of hydrogen-bond acceptors (Lipinski definition) is 5. The number of rotatable bonds is 8. The average Bonchev–Trinajstić information content (AvgIpc) is 2.67. The van der Waals surface area contributed by atoms with E-state index in [0.717, 1.165) is 37.8 Å². The molecule has 0 aromatic rings. The number of aliphatic carboxylic acids is 1. The van der Waals surface area contributed by atoms with Crippen molar-refractivity contribution in [2.45, 2.75) is 57.7 Å². The predicted molar refractivity (Wildman–Crippen MR) is 76.9 cm³/mol. The highest BCUT2D eigenvalue weighted by Crippen LogP contribution is 2.49. The Labute approximate surface area is 124 Å². The molecule has 3 N–H and O–H groups in total. The van der Waals surface area contributed by atoms with E-state index in [-0.39, 0.29) is 43.0 Å². The lowest BCUT2D eigenvalue weighted by Crippen LogP contribution is -2.38. The first kappa shape index (κ1) is 16.2. The summed E-state index contributed by atoms with van der Waals surface area (Å²) in [5.41, 5.74) is 0.947. The maximum atomic E-state index is 10.4. The van der Waals surface area contributed by atoms with Crippen molar-refractivity contribution in [3.8, 4) is 0 Å². The first-order valence-electron chi connectivity index (χ1n) is 7.79. The Morgan fingerprint density at radius 3 is 2.95 bits per heavy atom. The largest absolute Gasteiger partial charge is 0.481 e. The summed E-state index contributed by atoms with van der Waals surface area (Å²) >= 11 is 0. The van der Waals surface area contributed by atoms with Gasteiger partial charge in [0.15, 0.2) is 0 Å². The van der Waals surface area contributed by atoms with Gasteiger partial charge in [-0.25, -0.2) is 0 Å². The SMILES string of the molecule is CCC(O)CCC1CC2C(=NOCCC(=O)O)CC2C1O. The number of carboxylic acids is 1. The predicted octanol–water partition coefficient (Wildman–Crippen LogP) is 1.40. The van der Waals surface area contributed by atoms with Crippen molar-refractivity contribution in [1.29, 1.82) is 0 Å². The van der Waals surface area contributed by atoms with Crippen LogP contribution in [0.15, 0.2) is 5.16 Å². The van der Waals surface area contributed by atoms with Crippen molar-refractivity contribution < 1.29 is 25.0 Å². The van der Waals surface area contributed by atoms with Crippen LogP contribution in [0.4, 0.5) is 0 Å². The molecule has 5 atom stereocenters. The van der Waals surface area contributed by atoms with E-state index in [2.05, 4.69) is 5.16 Å². The molecule has 0 heterocycles. The third-order valence-corrected chi connectivity index (χ3v) is 4.80. The van der Waals surface area contributed by atoms with Crippen LogP contribution in [0.25, 0.3) is 0 Å². The van der Waals surface area contributed by atoms with Gasteiger partial charge >= 0.3 is 5.97 Å². The first-order valence-corrected chi connectivity index (χ1v) is 7.79. The Morgan fingerprint density at radius 2 is 2.29 bits per heavy atom. The van der Waals surface area contributed by atoms with E-state index in [4.69, 9.17) is 9.94 Å². The van der Waals surface area contributed by atoms with Crippen LogP contribution in [0, 0.1) is 17.8 Å². The van der Waals surface area contributed by atoms with E-state index in [0.29, 0.717) is 0 Å². The molecular formula is C15H25NO5. The quantitative estimate of drug-likeness (QED) is 0.465. The number of oxime groups is 1. The molecule has 6 heteroatoms. The average molecular weight is 299 g/mol. The molecule has 0 amide bonds. The summed E-state index contributed by atoms with van der Waals surface area (Å²) in [6.07, 6.45) is 3.33. The standard InChI is InChI=1S/C15H25NO5/c1-2-10(17)4-3-9-7-11-12(15(9)20)8-13(11)16-21-6-5-14(18)19/h9-12,15,17,20H,2-8H2,1H3,(H,18,19). The van der Waals surface area contributed by atoms with Crippen LogP contribution in [-0.4, -0.2) is 45.8 Å². The van der Waals surface area contributed by atoms with Gasteiger partial charge in [-0.15, -0.1) is 0 Å². The lowest BCUT2D eigenvalue weighted by molar-refractivity contribution is -0.138. The molecule has 0 aromatic heterocycles. The monoisotopic (exact) mass is 299 g/mol. The highest BCUT2D eigenvalue weighted by molar-refractivity contribution is 5.93. The summed E-state index contributed by atoms with van der Waals surface area (Å²) in [6, 6.07) is 0. The fraction of sp³-hybridized carbons (Fsp3) is 0.867. The van der Waals surface area contributed by atoms with Gasteiger partial charge in [0.25, 0.3) is 0 Å². The number of carbonyl (C=O) groups is 1. The van der Waals surface area contributed by atoms with Gasteiger partial charge in [0, 0.05) is 5.92 Å². The molecule has 2 aliphatic carbocycles. The molecule has 0 bridgehead atoms. The highest BCUT2D eigenvalue weighted by Gasteiger charge is 2.51. The molecule has 21 heavy (non-hydrogen) atoms. The van der Waals surface area contributed by atoms with Gasteiger partial charge < -0.3 is 20.2 Å². The van der Waals surface area contributed by atoms with Gasteiger partial charge in [0.05, 0.1) is 24.3 Å². The lowest BCUT2D eigenvalue weighted by Gasteiger charge is -2.33. The van der Waals surface area contributed by atoms with E-state index in [1.165, 1.54) is 0 Å². The summed E-state index contributed by atoms with van der Waals surface area (Å²) in [4.78, 5) is 15.4. The summed E-state index contributed by atoms with van der Waals surface area (Å²) in [5.74, 6) is -0.135. The zero-order valence-corrected chi connectivity index (χ0v) is 12.4. The van der Waals surface area contributed by atoms with E-state index in [9.17, 15) is 15.0 Å². The number of aliphatic hydroxyl groups is 2. The molecule has 2 rings (SSSR count). The van der Waals surface area contributed by atoms with E-state index >= 15 is 0 Å². The van der Waals surface area contributed by atoms with Crippen molar-refractivity contribution in [3.63, 3.8) is 0 Å². The van der Waals surface area contributed by atoms with E-state index in [1.54, 1.807) is 0 Å². The van der Waals surface area contributed by atoms with Crippen molar-refractivity contribution in [3.05, 3.63) is 0 Å². The van der Waals surface area contributed by atoms with Crippen molar-refractivity contribution in [1.82, 2.24) is 0 Å². The summed E-state index contributed by atoms with van der Waals surface area (Å²) in [7, 11) is 0. The van der Waals surface area contributed by atoms with Gasteiger partial charge in [0.1, 0.15) is 6.61 Å². The van der Waals surface area contributed by atoms with E-state index in [1.807, 2.05) is 6.92 Å². The minimum absolute atomic E-state index is 0.0506. The molecule has 0 aromatic carbocycles. The number of hydrogen-bond donors (Lipinski definition) is 3. The van der Waals surface area contributed by atoms with Crippen LogP contribution in [0.1, 0.15) is 45.4 Å². The molecule has 2 fully saturated rings. The van der Waals surface area contributed by atoms with E-state index < -0.39 is 5.97 Å². The molecule has 0 spiro atoms. The topological polar surface area (TPSA) is 99.4 Å². The number of carboxylic acid groups (broad SMARTS) is 1. The van der Waals surface area contributed by atoms with Crippen LogP contribution < -0.4 is 0 Å². The first-order chi connectivity index (χ1) is 10.0. The third kappa shape index (κ3) is 3.95. The molecule has 6 nitrogen and oxygen atoms in total. The number of nitrogens with zero attached hydrogens (tertiary/aromatic N) is 1. The Kier molecular flexibility index (Phi) is 5.58. The maximum Gasteiger partial charge on any atom is 0.306 e. The van der Waals surface area contributed by atoms with Crippen molar-refractivity contribution >= 4 is 11.7 Å². The summed E-state index contributed by atoms with van der Waals surface area (Å²) < 4.78 is 0. The molecule has 120 valence electrons. The molecule has 5 unspecified atom stereocenters. The highest BCUT2D eigenvalue weighted by atomic mass is 16.6. The molecule has 0 aliphatic heterocycles. The molecule has 2 saturated carbocycles. The second-order valence-electron chi connectivity index (χ2n) is 6.16. The van der Waals surface area contributed by atoms with Crippen LogP contribution in [0.2, 0.25) is 0 Å². The van der Waals surface area contributed by atoms with Crippen LogP contribution in [0.5, 0.6) is 0 Å². The minimum atomic E-state index is -0.896. The van der Waals surface area contributed by atoms with Crippen LogP contribution in [-0.2, 0) is 9.63 Å². The Hall–Kier alpha value is -1.14. The Morgan fingerprint density at radius 1 is 1.52 bits per heavy atom. The summed E-state index contributed by atoms with van der Waals surface area (Å²) in [6.45, 7) is 2.05. The molecule has 2 aliphatic rings. The molecule has 0 radical (unpaired) electrons. The number of aliphatic hydroxyl groups excluding tert-OH is 2. The van der Waals surface area contributed by atoms with Crippen LogP contribution in [0.3, 0.4) is 0 Å². The zero-order valence-electron chi connectivity index (χ0n) is 12.4. The minimum Gasteiger partial charge on any atom is -0.481 e. The second kappa shape index (κ2) is 7.22. The normalized spacial score (nSPS) is 34.3. The molecule has 0 saturated heterocycles. The molecular weight excluding hydrogens is 274 g/mol. The fourth-order valence-electron chi connectivity index (χ4n) is 3.37. The lowest BCUT2D eigenvalue weighted by atomic mass is 9.73. The van der Waals surface area contributed by atoms with Gasteiger partial charge in [-0.05, 0) is 43.9 Å². The number of fused-ring (bicyclic) bond motifs is 1. The summed E-state index contributed by atoms with van der Waals surface area (Å²) in [5, 5.41) is 32.4. The zero-order chi connectivity index (χ0) is 15.4. The van der Waals surface area contributed by atoms with Crippen molar-refractivity contribution in [2.24, 2.45) is 22.9 Å².